The number of aliphatic hydroxyl groups excluding tert-OH is 1. The van der Waals surface area contributed by atoms with Crippen molar-refractivity contribution in [3.8, 4) is 11.3 Å². The molecular weight excluding hydrogens is 307 g/mol. The van der Waals surface area contributed by atoms with Crippen LogP contribution >= 0.6 is 0 Å². The van der Waals surface area contributed by atoms with E-state index in [2.05, 4.69) is 10.3 Å². The molecule has 0 spiro atoms. The van der Waals surface area contributed by atoms with Crippen molar-refractivity contribution in [1.82, 2.24) is 15.0 Å². The van der Waals surface area contributed by atoms with Crippen LogP contribution in [-0.4, -0.2) is 20.1 Å². The molecule has 0 saturated heterocycles. The SMILES string of the molecule is OCc1nnn(Cc2cccc(F)c2)c1-c1ccc(F)c(F)c1. The van der Waals surface area contributed by atoms with E-state index in [0.717, 1.165) is 12.1 Å². The molecule has 0 radical (unpaired) electrons. The van der Waals surface area contributed by atoms with E-state index >= 15 is 0 Å². The van der Waals surface area contributed by atoms with Crippen molar-refractivity contribution < 1.29 is 18.3 Å². The lowest BCUT2D eigenvalue weighted by molar-refractivity contribution is 0.277. The van der Waals surface area contributed by atoms with Gasteiger partial charge in [0.05, 0.1) is 18.8 Å². The van der Waals surface area contributed by atoms with Gasteiger partial charge in [0, 0.05) is 5.56 Å². The average molecular weight is 319 g/mol. The summed E-state index contributed by atoms with van der Waals surface area (Å²) in [4.78, 5) is 0. The number of aromatic nitrogens is 3. The third-order valence-electron chi connectivity index (χ3n) is 3.37. The highest BCUT2D eigenvalue weighted by Crippen LogP contribution is 2.25. The Hall–Kier alpha value is -2.67. The molecule has 118 valence electrons. The van der Waals surface area contributed by atoms with Crippen molar-refractivity contribution in [3.63, 3.8) is 0 Å². The molecule has 7 heteroatoms. The fourth-order valence-electron chi connectivity index (χ4n) is 2.33. The molecular formula is C16H12F3N3O. The van der Waals surface area contributed by atoms with Crippen LogP contribution < -0.4 is 0 Å². The predicted octanol–water partition coefficient (Wildman–Crippen LogP) is 2.90. The van der Waals surface area contributed by atoms with E-state index in [1.807, 2.05) is 0 Å². The lowest BCUT2D eigenvalue weighted by Gasteiger charge is -2.08. The highest BCUT2D eigenvalue weighted by Gasteiger charge is 2.16. The second kappa shape index (κ2) is 6.21. The molecule has 1 aromatic heterocycles. The van der Waals surface area contributed by atoms with Crippen molar-refractivity contribution >= 4 is 0 Å². The van der Waals surface area contributed by atoms with E-state index in [4.69, 9.17) is 0 Å². The number of hydrogen-bond acceptors (Lipinski definition) is 3. The maximum absolute atomic E-state index is 13.5. The number of nitrogens with zero attached hydrogens (tertiary/aromatic N) is 3. The Bertz CT molecular complexity index is 848. The summed E-state index contributed by atoms with van der Waals surface area (Å²) in [6.45, 7) is -0.226. The zero-order valence-corrected chi connectivity index (χ0v) is 11.9. The maximum Gasteiger partial charge on any atom is 0.159 e. The van der Waals surface area contributed by atoms with E-state index in [1.54, 1.807) is 12.1 Å². The minimum Gasteiger partial charge on any atom is -0.390 e. The highest BCUT2D eigenvalue weighted by molar-refractivity contribution is 5.62. The normalized spacial score (nSPS) is 11.0. The van der Waals surface area contributed by atoms with Gasteiger partial charge in [-0.15, -0.1) is 5.10 Å². The van der Waals surface area contributed by atoms with Gasteiger partial charge in [0.15, 0.2) is 11.6 Å². The number of hydrogen-bond donors (Lipinski definition) is 1. The summed E-state index contributed by atoms with van der Waals surface area (Å²) in [5.41, 5.74) is 1.54. The Morgan fingerprint density at radius 1 is 1.00 bits per heavy atom. The van der Waals surface area contributed by atoms with Crippen LogP contribution in [0.2, 0.25) is 0 Å². The van der Waals surface area contributed by atoms with Crippen LogP contribution in [0.5, 0.6) is 0 Å². The Kier molecular flexibility index (Phi) is 4.12. The Balaban J connectivity index is 2.05. The van der Waals surface area contributed by atoms with Gasteiger partial charge in [0.25, 0.3) is 0 Å². The quantitative estimate of drug-likeness (QED) is 0.804. The second-order valence-electron chi connectivity index (χ2n) is 4.96. The van der Waals surface area contributed by atoms with Gasteiger partial charge >= 0.3 is 0 Å². The number of aliphatic hydroxyl groups is 1. The van der Waals surface area contributed by atoms with Crippen LogP contribution in [0.15, 0.2) is 42.5 Å². The van der Waals surface area contributed by atoms with E-state index < -0.39 is 18.2 Å². The molecule has 0 unspecified atom stereocenters. The first-order chi connectivity index (χ1) is 11.1. The van der Waals surface area contributed by atoms with Gasteiger partial charge in [0.2, 0.25) is 0 Å². The van der Waals surface area contributed by atoms with Gasteiger partial charge in [-0.1, -0.05) is 17.3 Å². The van der Waals surface area contributed by atoms with Crippen LogP contribution in [-0.2, 0) is 13.2 Å². The number of halogens is 3. The van der Waals surface area contributed by atoms with E-state index in [0.29, 0.717) is 16.8 Å². The Morgan fingerprint density at radius 3 is 2.52 bits per heavy atom. The number of benzene rings is 2. The molecule has 1 heterocycles. The van der Waals surface area contributed by atoms with Crippen molar-refractivity contribution in [3.05, 3.63) is 71.2 Å². The first-order valence-corrected chi connectivity index (χ1v) is 6.81. The lowest BCUT2D eigenvalue weighted by atomic mass is 10.1. The lowest BCUT2D eigenvalue weighted by Crippen LogP contribution is -2.05. The molecule has 23 heavy (non-hydrogen) atoms. The summed E-state index contributed by atoms with van der Waals surface area (Å²) < 4.78 is 41.3. The van der Waals surface area contributed by atoms with Crippen molar-refractivity contribution in [2.75, 3.05) is 0 Å². The van der Waals surface area contributed by atoms with Crippen LogP contribution in [0.3, 0.4) is 0 Å². The average Bonchev–Trinajstić information content (AvgIpc) is 2.93. The fourth-order valence-corrected chi connectivity index (χ4v) is 2.33. The largest absolute Gasteiger partial charge is 0.390 e. The zero-order valence-electron chi connectivity index (χ0n) is 11.9. The van der Waals surface area contributed by atoms with Crippen molar-refractivity contribution in [2.24, 2.45) is 0 Å². The zero-order chi connectivity index (χ0) is 16.4. The van der Waals surface area contributed by atoms with Gasteiger partial charge in [-0.3, -0.25) is 0 Å². The molecule has 3 aromatic rings. The molecule has 3 rings (SSSR count). The molecule has 1 N–H and O–H groups in total. The van der Waals surface area contributed by atoms with Crippen LogP contribution in [0, 0.1) is 17.5 Å². The minimum atomic E-state index is -1.01. The fraction of sp³-hybridized carbons (Fsp3) is 0.125. The van der Waals surface area contributed by atoms with Crippen LogP contribution in [0.4, 0.5) is 13.2 Å². The summed E-state index contributed by atoms with van der Waals surface area (Å²) in [6, 6.07) is 9.30. The summed E-state index contributed by atoms with van der Waals surface area (Å²) in [5.74, 6) is -2.37. The minimum absolute atomic E-state index is 0.180. The van der Waals surface area contributed by atoms with Crippen molar-refractivity contribution in [1.29, 1.82) is 0 Å². The Labute approximate surface area is 129 Å². The standard InChI is InChI=1S/C16H12F3N3O/c17-12-3-1-2-10(6-12)8-22-16(15(9-23)20-21-22)11-4-5-13(18)14(19)7-11/h1-7,23H,8-9H2. The third-order valence-corrected chi connectivity index (χ3v) is 3.37. The summed E-state index contributed by atoms with van der Waals surface area (Å²) in [7, 11) is 0. The predicted molar refractivity (Wildman–Crippen MR) is 76.8 cm³/mol. The van der Waals surface area contributed by atoms with E-state index in [-0.39, 0.29) is 18.1 Å². The summed E-state index contributed by atoms with van der Waals surface area (Å²) in [5, 5.41) is 17.1. The van der Waals surface area contributed by atoms with Gasteiger partial charge in [-0.25, -0.2) is 17.9 Å². The summed E-state index contributed by atoms with van der Waals surface area (Å²) in [6.07, 6.45) is 0. The van der Waals surface area contributed by atoms with Crippen LogP contribution in [0.1, 0.15) is 11.3 Å². The molecule has 0 aliphatic rings. The third kappa shape index (κ3) is 3.09. The topological polar surface area (TPSA) is 50.9 Å². The molecule has 0 atom stereocenters. The van der Waals surface area contributed by atoms with Gasteiger partial charge < -0.3 is 5.11 Å². The monoisotopic (exact) mass is 319 g/mol. The number of rotatable bonds is 4. The molecule has 0 fully saturated rings. The van der Waals surface area contributed by atoms with Gasteiger partial charge in [-0.2, -0.15) is 0 Å². The molecule has 0 saturated carbocycles. The first-order valence-electron chi connectivity index (χ1n) is 6.81. The first kappa shape index (κ1) is 15.2. The molecule has 4 nitrogen and oxygen atoms in total. The van der Waals surface area contributed by atoms with E-state index in [1.165, 1.54) is 22.9 Å². The smallest absolute Gasteiger partial charge is 0.159 e. The Morgan fingerprint density at radius 2 is 1.83 bits per heavy atom. The van der Waals surface area contributed by atoms with E-state index in [9.17, 15) is 18.3 Å². The molecule has 0 bridgehead atoms. The second-order valence-corrected chi connectivity index (χ2v) is 4.96. The maximum atomic E-state index is 13.5. The highest BCUT2D eigenvalue weighted by atomic mass is 19.2. The summed E-state index contributed by atoms with van der Waals surface area (Å²) >= 11 is 0. The molecule has 0 amide bonds. The molecule has 0 aliphatic heterocycles. The van der Waals surface area contributed by atoms with Gasteiger partial charge in [-0.05, 0) is 35.9 Å². The van der Waals surface area contributed by atoms with Crippen molar-refractivity contribution in [2.45, 2.75) is 13.2 Å². The van der Waals surface area contributed by atoms with Crippen LogP contribution in [0.25, 0.3) is 11.3 Å². The molecule has 0 aliphatic carbocycles. The molecule has 2 aromatic carbocycles. The van der Waals surface area contributed by atoms with Gasteiger partial charge in [0.1, 0.15) is 11.5 Å².